The Morgan fingerprint density at radius 3 is 2.53 bits per heavy atom. The Morgan fingerprint density at radius 2 is 1.95 bits per heavy atom. The highest BCUT2D eigenvalue weighted by Crippen LogP contribution is 2.28. The highest BCUT2D eigenvalue weighted by atomic mass is 16.3. The van der Waals surface area contributed by atoms with E-state index in [2.05, 4.69) is 0 Å². The van der Waals surface area contributed by atoms with E-state index in [4.69, 9.17) is 5.26 Å². The zero-order chi connectivity index (χ0) is 14.0. The first-order chi connectivity index (χ1) is 8.93. The van der Waals surface area contributed by atoms with Crippen molar-refractivity contribution in [2.24, 2.45) is 0 Å². The zero-order valence-corrected chi connectivity index (χ0v) is 10.4. The summed E-state index contributed by atoms with van der Waals surface area (Å²) < 4.78 is 0. The average molecular weight is 255 g/mol. The second kappa shape index (κ2) is 4.81. The predicted octanol–water partition coefficient (Wildman–Crippen LogP) is 1.41. The first-order valence-electron chi connectivity index (χ1n) is 5.80. The minimum absolute atomic E-state index is 0.136. The molecule has 0 saturated heterocycles. The molecule has 0 saturated carbocycles. The van der Waals surface area contributed by atoms with Crippen LogP contribution in [0.25, 0.3) is 0 Å². The van der Waals surface area contributed by atoms with E-state index in [9.17, 15) is 15.0 Å². The van der Waals surface area contributed by atoms with Gasteiger partial charge in [-0.05, 0) is 42.8 Å². The summed E-state index contributed by atoms with van der Waals surface area (Å²) >= 11 is 0. The molecule has 1 aliphatic rings. The quantitative estimate of drug-likeness (QED) is 0.837. The lowest BCUT2D eigenvalue weighted by Crippen LogP contribution is -2.25. The third kappa shape index (κ3) is 2.79. The molecule has 1 aromatic carbocycles. The first-order valence-corrected chi connectivity index (χ1v) is 5.80. The lowest BCUT2D eigenvalue weighted by atomic mass is 9.88. The van der Waals surface area contributed by atoms with Gasteiger partial charge in [0.2, 0.25) is 0 Å². The van der Waals surface area contributed by atoms with E-state index >= 15 is 0 Å². The molecule has 0 heterocycles. The minimum atomic E-state index is -1.24. The van der Waals surface area contributed by atoms with Gasteiger partial charge in [-0.25, -0.2) is 0 Å². The van der Waals surface area contributed by atoms with Gasteiger partial charge in [-0.1, -0.05) is 12.1 Å². The van der Waals surface area contributed by atoms with Crippen LogP contribution < -0.4 is 0 Å². The molecule has 0 fully saturated rings. The molecule has 96 valence electrons. The van der Waals surface area contributed by atoms with E-state index < -0.39 is 11.7 Å². The molecule has 4 nitrogen and oxygen atoms in total. The molecule has 0 spiro atoms. The van der Waals surface area contributed by atoms with Crippen LogP contribution in [0.5, 0.6) is 0 Å². The fraction of sp³-hybridized carbons (Fsp3) is 0.200. The van der Waals surface area contributed by atoms with Crippen LogP contribution in [0, 0.1) is 11.3 Å². The van der Waals surface area contributed by atoms with Crippen LogP contribution in [-0.2, 0) is 4.79 Å². The van der Waals surface area contributed by atoms with E-state index in [1.165, 1.54) is 25.2 Å². The fourth-order valence-corrected chi connectivity index (χ4v) is 1.91. The second-order valence-corrected chi connectivity index (χ2v) is 4.66. The largest absolute Gasteiger partial charge is 0.384 e. The molecule has 2 rings (SSSR count). The summed E-state index contributed by atoms with van der Waals surface area (Å²) in [5.41, 5.74) is -0.120. The maximum Gasteiger partial charge on any atom is 0.184 e. The van der Waals surface area contributed by atoms with Gasteiger partial charge in [0.05, 0.1) is 17.2 Å². The number of nitrogens with zero attached hydrogens (tertiary/aromatic N) is 1. The maximum absolute atomic E-state index is 11.7. The third-order valence-corrected chi connectivity index (χ3v) is 2.95. The summed E-state index contributed by atoms with van der Waals surface area (Å²) in [5, 5.41) is 28.8. The number of nitriles is 1. The number of hydrogen-bond donors (Lipinski definition) is 2. The Labute approximate surface area is 110 Å². The Bertz CT molecular complexity index is 603. The van der Waals surface area contributed by atoms with Crippen LogP contribution >= 0.6 is 0 Å². The average Bonchev–Trinajstić information content (AvgIpc) is 2.41. The van der Waals surface area contributed by atoms with E-state index in [1.807, 2.05) is 6.07 Å². The Hall–Kier alpha value is -2.22. The molecule has 0 unspecified atom stereocenters. The topological polar surface area (TPSA) is 81.3 Å². The summed E-state index contributed by atoms with van der Waals surface area (Å²) in [7, 11) is 0. The van der Waals surface area contributed by atoms with Crippen molar-refractivity contribution in [3.63, 3.8) is 0 Å². The Balaban J connectivity index is 2.33. The number of allylic oxidation sites excluding steroid dienone is 1. The van der Waals surface area contributed by atoms with Crippen LogP contribution in [-0.4, -0.2) is 21.6 Å². The van der Waals surface area contributed by atoms with Gasteiger partial charge < -0.3 is 10.2 Å². The molecule has 0 radical (unpaired) electrons. The molecule has 2 atom stereocenters. The van der Waals surface area contributed by atoms with Crippen molar-refractivity contribution < 1.29 is 15.0 Å². The van der Waals surface area contributed by atoms with Gasteiger partial charge in [-0.2, -0.15) is 5.26 Å². The summed E-state index contributed by atoms with van der Waals surface area (Å²) in [5.74, 6) is -0.330. The number of benzene rings is 1. The molecular formula is C15H13NO3. The SMILES string of the molecule is C[C@]1(O)C=CC(=O)C([C@@H](O)c2ccc(C#N)cc2)=C1. The Kier molecular flexibility index (Phi) is 3.34. The van der Waals surface area contributed by atoms with Crippen molar-refractivity contribution in [1.29, 1.82) is 5.26 Å². The number of carbonyl (C=O) groups is 1. The third-order valence-electron chi connectivity index (χ3n) is 2.95. The number of hydrogen-bond acceptors (Lipinski definition) is 4. The van der Waals surface area contributed by atoms with Crippen molar-refractivity contribution in [3.05, 3.63) is 59.2 Å². The van der Waals surface area contributed by atoms with Crippen LogP contribution in [0.3, 0.4) is 0 Å². The van der Waals surface area contributed by atoms with Crippen LogP contribution in [0.15, 0.2) is 48.1 Å². The van der Waals surface area contributed by atoms with Crippen molar-refractivity contribution in [2.75, 3.05) is 0 Å². The molecule has 2 N–H and O–H groups in total. The van der Waals surface area contributed by atoms with E-state index in [1.54, 1.807) is 24.3 Å². The van der Waals surface area contributed by atoms with E-state index in [0.717, 1.165) is 0 Å². The fourth-order valence-electron chi connectivity index (χ4n) is 1.91. The number of aliphatic hydroxyl groups excluding tert-OH is 1. The van der Waals surface area contributed by atoms with Gasteiger partial charge in [0.25, 0.3) is 0 Å². The number of carbonyl (C=O) groups excluding carboxylic acids is 1. The van der Waals surface area contributed by atoms with Gasteiger partial charge in [0.15, 0.2) is 5.78 Å². The van der Waals surface area contributed by atoms with E-state index in [-0.39, 0.29) is 11.4 Å². The summed E-state index contributed by atoms with van der Waals surface area (Å²) in [6.45, 7) is 1.53. The smallest absolute Gasteiger partial charge is 0.184 e. The number of aliphatic hydroxyl groups is 2. The van der Waals surface area contributed by atoms with Crippen molar-refractivity contribution in [1.82, 2.24) is 0 Å². The molecule has 1 aliphatic carbocycles. The summed E-state index contributed by atoms with van der Waals surface area (Å²) in [4.78, 5) is 11.7. The van der Waals surface area contributed by atoms with Crippen LogP contribution in [0.4, 0.5) is 0 Å². The molecular weight excluding hydrogens is 242 g/mol. The lowest BCUT2D eigenvalue weighted by molar-refractivity contribution is -0.112. The second-order valence-electron chi connectivity index (χ2n) is 4.66. The molecule has 0 aromatic heterocycles. The summed E-state index contributed by atoms with van der Waals surface area (Å²) in [6, 6.07) is 8.30. The van der Waals surface area contributed by atoms with Gasteiger partial charge in [0, 0.05) is 5.57 Å². The molecule has 0 amide bonds. The Morgan fingerprint density at radius 1 is 1.32 bits per heavy atom. The lowest BCUT2D eigenvalue weighted by Gasteiger charge is -2.23. The van der Waals surface area contributed by atoms with Crippen molar-refractivity contribution in [2.45, 2.75) is 18.6 Å². The maximum atomic E-state index is 11.7. The van der Waals surface area contributed by atoms with Crippen LogP contribution in [0.2, 0.25) is 0 Å². The predicted molar refractivity (Wildman–Crippen MR) is 69.0 cm³/mol. The zero-order valence-electron chi connectivity index (χ0n) is 10.4. The van der Waals surface area contributed by atoms with Gasteiger partial charge >= 0.3 is 0 Å². The highest BCUT2D eigenvalue weighted by molar-refractivity contribution is 6.06. The normalized spacial score (nSPS) is 23.7. The number of ketones is 1. The highest BCUT2D eigenvalue weighted by Gasteiger charge is 2.27. The minimum Gasteiger partial charge on any atom is -0.384 e. The number of rotatable bonds is 2. The van der Waals surface area contributed by atoms with E-state index in [0.29, 0.717) is 11.1 Å². The van der Waals surface area contributed by atoms with Gasteiger partial charge in [0.1, 0.15) is 6.10 Å². The van der Waals surface area contributed by atoms with Crippen molar-refractivity contribution >= 4 is 5.78 Å². The first kappa shape index (κ1) is 13.2. The molecule has 0 bridgehead atoms. The molecule has 1 aromatic rings. The standard InChI is InChI=1S/C15H13NO3/c1-15(19)7-6-13(17)12(8-15)14(18)11-4-2-10(9-16)3-5-11/h2-8,14,18-19H,1H3/t14-,15-/m0/s1. The molecule has 4 heteroatoms. The monoisotopic (exact) mass is 255 g/mol. The van der Waals surface area contributed by atoms with Crippen molar-refractivity contribution in [3.8, 4) is 6.07 Å². The van der Waals surface area contributed by atoms with Gasteiger partial charge in [-0.3, -0.25) is 4.79 Å². The van der Waals surface area contributed by atoms with Gasteiger partial charge in [-0.15, -0.1) is 0 Å². The molecule has 0 aliphatic heterocycles. The molecule has 19 heavy (non-hydrogen) atoms. The van der Waals surface area contributed by atoms with Crippen LogP contribution in [0.1, 0.15) is 24.2 Å². The summed E-state index contributed by atoms with van der Waals surface area (Å²) in [6.07, 6.45) is 2.86.